The molecular weight excluding hydrogens is 329 g/mol. The van der Waals surface area contributed by atoms with Crippen LogP contribution in [0.2, 0.25) is 5.15 Å². The molecule has 5 heteroatoms. The van der Waals surface area contributed by atoms with Crippen LogP contribution in [0.4, 0.5) is 4.39 Å². The number of rotatable bonds is 5. The van der Waals surface area contributed by atoms with Crippen molar-refractivity contribution in [2.24, 2.45) is 0 Å². The van der Waals surface area contributed by atoms with Crippen LogP contribution in [0.15, 0.2) is 66.9 Å². The van der Waals surface area contributed by atoms with Crippen LogP contribution >= 0.6 is 11.6 Å². The van der Waals surface area contributed by atoms with Gasteiger partial charge in [-0.2, -0.15) is 0 Å². The van der Waals surface area contributed by atoms with Crippen molar-refractivity contribution in [2.45, 2.75) is 6.61 Å². The highest BCUT2D eigenvalue weighted by molar-refractivity contribution is 6.29. The molecule has 120 valence electrons. The van der Waals surface area contributed by atoms with Crippen molar-refractivity contribution in [3.05, 3.63) is 94.5 Å². The second-order valence-electron chi connectivity index (χ2n) is 5.14. The molecule has 0 N–H and O–H groups in total. The van der Waals surface area contributed by atoms with Gasteiger partial charge in [-0.1, -0.05) is 17.7 Å². The molecule has 0 saturated heterocycles. The number of ether oxygens (including phenoxy) is 1. The van der Waals surface area contributed by atoms with Crippen molar-refractivity contribution in [2.75, 3.05) is 0 Å². The van der Waals surface area contributed by atoms with E-state index in [2.05, 4.69) is 4.98 Å². The van der Waals surface area contributed by atoms with Crippen LogP contribution in [-0.4, -0.2) is 10.8 Å². The van der Waals surface area contributed by atoms with Gasteiger partial charge < -0.3 is 4.74 Å². The zero-order valence-corrected chi connectivity index (χ0v) is 13.3. The maximum absolute atomic E-state index is 12.9. The molecule has 0 atom stereocenters. The third-order valence-electron chi connectivity index (χ3n) is 3.42. The molecule has 0 aliphatic rings. The lowest BCUT2D eigenvalue weighted by atomic mass is 10.0. The van der Waals surface area contributed by atoms with E-state index in [1.165, 1.54) is 24.3 Å². The lowest BCUT2D eigenvalue weighted by Gasteiger charge is -2.07. The molecule has 1 heterocycles. The van der Waals surface area contributed by atoms with Crippen molar-refractivity contribution in [3.63, 3.8) is 0 Å². The lowest BCUT2D eigenvalue weighted by molar-refractivity contribution is 0.103. The number of aromatic nitrogens is 1. The zero-order valence-electron chi connectivity index (χ0n) is 12.6. The van der Waals surface area contributed by atoms with Gasteiger partial charge >= 0.3 is 0 Å². The molecule has 0 fully saturated rings. The van der Waals surface area contributed by atoms with E-state index in [1.54, 1.807) is 36.5 Å². The molecule has 3 nitrogen and oxygen atoms in total. The molecule has 0 aliphatic heterocycles. The van der Waals surface area contributed by atoms with Crippen LogP contribution in [0.3, 0.4) is 0 Å². The van der Waals surface area contributed by atoms with E-state index in [4.69, 9.17) is 16.3 Å². The van der Waals surface area contributed by atoms with Crippen LogP contribution in [0.1, 0.15) is 21.5 Å². The van der Waals surface area contributed by atoms with Gasteiger partial charge in [-0.05, 0) is 54.6 Å². The summed E-state index contributed by atoms with van der Waals surface area (Å²) in [6.45, 7) is 0.357. The number of halogens is 2. The van der Waals surface area contributed by atoms with Gasteiger partial charge in [0.25, 0.3) is 0 Å². The van der Waals surface area contributed by atoms with Gasteiger partial charge in [-0.25, -0.2) is 9.37 Å². The van der Waals surface area contributed by atoms with Gasteiger partial charge in [-0.3, -0.25) is 4.79 Å². The Balaban J connectivity index is 1.65. The molecule has 0 radical (unpaired) electrons. The number of ketones is 1. The van der Waals surface area contributed by atoms with E-state index in [-0.39, 0.29) is 11.6 Å². The predicted octanol–water partition coefficient (Wildman–Crippen LogP) is 4.68. The highest BCUT2D eigenvalue weighted by atomic mass is 35.5. The topological polar surface area (TPSA) is 39.2 Å². The third-order valence-corrected chi connectivity index (χ3v) is 3.64. The van der Waals surface area contributed by atoms with E-state index in [1.807, 2.05) is 6.07 Å². The predicted molar refractivity (Wildman–Crippen MR) is 89.9 cm³/mol. The van der Waals surface area contributed by atoms with E-state index in [0.717, 1.165) is 5.56 Å². The monoisotopic (exact) mass is 341 g/mol. The number of benzene rings is 2. The highest BCUT2D eigenvalue weighted by Gasteiger charge is 2.09. The molecule has 2 aromatic carbocycles. The minimum atomic E-state index is -0.369. The Morgan fingerprint density at radius 1 is 0.958 bits per heavy atom. The summed E-state index contributed by atoms with van der Waals surface area (Å²) in [5.74, 6) is 0.107. The Bertz CT molecular complexity index is 831. The molecule has 0 saturated carbocycles. The normalized spacial score (nSPS) is 10.4. The largest absolute Gasteiger partial charge is 0.489 e. The van der Waals surface area contributed by atoms with Gasteiger partial charge in [0.1, 0.15) is 23.3 Å². The molecule has 3 rings (SSSR count). The fraction of sp³-hybridized carbons (Fsp3) is 0.0526. The van der Waals surface area contributed by atoms with Crippen molar-refractivity contribution in [3.8, 4) is 5.75 Å². The zero-order chi connectivity index (χ0) is 16.9. The van der Waals surface area contributed by atoms with Crippen molar-refractivity contribution < 1.29 is 13.9 Å². The summed E-state index contributed by atoms with van der Waals surface area (Å²) in [6, 6.07) is 15.8. The van der Waals surface area contributed by atoms with Gasteiger partial charge in [0.15, 0.2) is 5.78 Å². The fourth-order valence-corrected chi connectivity index (χ4v) is 2.24. The number of carbonyl (C=O) groups excluding carboxylic acids is 1. The minimum Gasteiger partial charge on any atom is -0.489 e. The Hall–Kier alpha value is -2.72. The molecule has 0 unspecified atom stereocenters. The number of pyridine rings is 1. The van der Waals surface area contributed by atoms with E-state index < -0.39 is 0 Å². The van der Waals surface area contributed by atoms with E-state index >= 15 is 0 Å². The maximum atomic E-state index is 12.9. The Labute approximate surface area is 143 Å². The number of hydrogen-bond acceptors (Lipinski definition) is 3. The molecule has 3 aromatic rings. The average Bonchev–Trinajstić information content (AvgIpc) is 2.62. The molecule has 0 amide bonds. The van der Waals surface area contributed by atoms with Gasteiger partial charge in [0.2, 0.25) is 0 Å². The first kappa shape index (κ1) is 16.1. The molecule has 0 spiro atoms. The average molecular weight is 342 g/mol. The number of nitrogens with zero attached hydrogens (tertiary/aromatic N) is 1. The Kier molecular flexibility index (Phi) is 4.87. The van der Waals surface area contributed by atoms with Crippen LogP contribution in [0.25, 0.3) is 0 Å². The van der Waals surface area contributed by atoms with Gasteiger partial charge in [0.05, 0.1) is 0 Å². The fourth-order valence-electron chi connectivity index (χ4n) is 2.13. The second-order valence-corrected chi connectivity index (χ2v) is 5.53. The van der Waals surface area contributed by atoms with Crippen LogP contribution in [0, 0.1) is 5.82 Å². The van der Waals surface area contributed by atoms with E-state index in [0.29, 0.717) is 28.6 Å². The second kappa shape index (κ2) is 7.23. The Morgan fingerprint density at radius 3 is 2.17 bits per heavy atom. The summed E-state index contributed by atoms with van der Waals surface area (Å²) < 4.78 is 18.6. The summed E-state index contributed by atoms with van der Waals surface area (Å²) in [6.07, 6.45) is 1.65. The first-order chi connectivity index (χ1) is 11.6. The summed E-state index contributed by atoms with van der Waals surface area (Å²) in [7, 11) is 0. The van der Waals surface area contributed by atoms with Crippen molar-refractivity contribution in [1.82, 2.24) is 4.98 Å². The quantitative estimate of drug-likeness (QED) is 0.499. The summed E-state index contributed by atoms with van der Waals surface area (Å²) in [4.78, 5) is 16.3. The highest BCUT2D eigenvalue weighted by Crippen LogP contribution is 2.17. The number of hydrogen-bond donors (Lipinski definition) is 0. The van der Waals surface area contributed by atoms with Crippen LogP contribution in [0.5, 0.6) is 5.75 Å². The lowest BCUT2D eigenvalue weighted by Crippen LogP contribution is -2.01. The molecule has 0 bridgehead atoms. The van der Waals surface area contributed by atoms with Gasteiger partial charge in [-0.15, -0.1) is 0 Å². The smallest absolute Gasteiger partial charge is 0.193 e. The van der Waals surface area contributed by atoms with Crippen molar-refractivity contribution in [1.29, 1.82) is 0 Å². The summed E-state index contributed by atoms with van der Waals surface area (Å²) in [5, 5.41) is 0.433. The molecule has 1 aromatic heterocycles. The van der Waals surface area contributed by atoms with E-state index in [9.17, 15) is 9.18 Å². The maximum Gasteiger partial charge on any atom is 0.193 e. The first-order valence-corrected chi connectivity index (χ1v) is 7.63. The van der Waals surface area contributed by atoms with Crippen LogP contribution in [-0.2, 0) is 6.61 Å². The minimum absolute atomic E-state index is 0.163. The Morgan fingerprint density at radius 2 is 1.58 bits per heavy atom. The number of carbonyl (C=O) groups is 1. The molecular formula is C19H13ClFNO2. The van der Waals surface area contributed by atoms with Crippen LogP contribution < -0.4 is 4.74 Å². The SMILES string of the molecule is O=C(c1ccc(F)cc1)c1ccc(OCc2ccc(Cl)nc2)cc1. The third kappa shape index (κ3) is 3.97. The summed E-state index contributed by atoms with van der Waals surface area (Å²) in [5.41, 5.74) is 1.85. The van der Waals surface area contributed by atoms with Crippen molar-refractivity contribution >= 4 is 17.4 Å². The molecule has 24 heavy (non-hydrogen) atoms. The standard InChI is InChI=1S/C19H13ClFNO2/c20-18-10-1-13(11-22-18)12-24-17-8-4-15(5-9-17)19(23)14-2-6-16(21)7-3-14/h1-11H,12H2. The molecule has 0 aliphatic carbocycles. The van der Waals surface area contributed by atoms with Gasteiger partial charge in [0, 0.05) is 22.9 Å². The summed E-state index contributed by atoms with van der Waals surface area (Å²) >= 11 is 5.73. The first-order valence-electron chi connectivity index (χ1n) is 7.25.